The van der Waals surface area contributed by atoms with Crippen molar-refractivity contribution in [3.63, 3.8) is 0 Å². The lowest BCUT2D eigenvalue weighted by molar-refractivity contribution is 1.16. The van der Waals surface area contributed by atoms with Crippen molar-refractivity contribution in [2.45, 2.75) is 0 Å². The van der Waals surface area contributed by atoms with E-state index in [4.69, 9.17) is 16.9 Å². The molecule has 0 spiro atoms. The molecule has 0 radical (unpaired) electrons. The van der Waals surface area contributed by atoms with Crippen LogP contribution in [0.2, 0.25) is 5.15 Å². The molecule has 0 amide bonds. The van der Waals surface area contributed by atoms with Gasteiger partial charge in [-0.15, -0.1) is 0 Å². The van der Waals surface area contributed by atoms with Gasteiger partial charge in [-0.1, -0.05) is 17.7 Å². The van der Waals surface area contributed by atoms with E-state index in [1.807, 2.05) is 6.07 Å². The first-order chi connectivity index (χ1) is 7.31. The fourth-order valence-electron chi connectivity index (χ4n) is 1.12. The van der Waals surface area contributed by atoms with Crippen LogP contribution in [0.15, 0.2) is 30.6 Å². The Hall–Kier alpha value is -1.99. The first-order valence-corrected chi connectivity index (χ1v) is 4.53. The molecule has 5 heteroatoms. The molecular formula is C10H5ClN4. The molecule has 2 aromatic heterocycles. The Morgan fingerprint density at radius 2 is 2.00 bits per heavy atom. The Morgan fingerprint density at radius 1 is 1.20 bits per heavy atom. The van der Waals surface area contributed by atoms with Crippen LogP contribution in [0.25, 0.3) is 11.4 Å². The highest BCUT2D eigenvalue weighted by Gasteiger charge is 2.07. The number of nitrogens with zero attached hydrogens (tertiary/aromatic N) is 4. The number of halogens is 1. The summed E-state index contributed by atoms with van der Waals surface area (Å²) in [5, 5.41) is 8.97. The van der Waals surface area contributed by atoms with E-state index in [2.05, 4.69) is 15.0 Å². The van der Waals surface area contributed by atoms with E-state index >= 15 is 0 Å². The van der Waals surface area contributed by atoms with Crippen molar-refractivity contribution < 1.29 is 0 Å². The first-order valence-electron chi connectivity index (χ1n) is 4.15. The Bertz CT molecular complexity index is 533. The average Bonchev–Trinajstić information content (AvgIpc) is 2.30. The topological polar surface area (TPSA) is 62.5 Å². The Labute approximate surface area is 91.2 Å². The zero-order valence-corrected chi connectivity index (χ0v) is 8.31. The largest absolute Gasteiger partial charge is 0.250 e. The lowest BCUT2D eigenvalue weighted by Crippen LogP contribution is -1.91. The SMILES string of the molecule is N#Cc1cccc(-c2nccnc2Cl)n1. The summed E-state index contributed by atoms with van der Waals surface area (Å²) in [5.41, 5.74) is 1.36. The molecule has 0 bridgehead atoms. The molecule has 0 saturated carbocycles. The third-order valence-electron chi connectivity index (χ3n) is 1.76. The van der Waals surface area contributed by atoms with Gasteiger partial charge in [0.05, 0.1) is 5.69 Å². The van der Waals surface area contributed by atoms with Crippen LogP contribution in [0, 0.1) is 11.3 Å². The summed E-state index contributed by atoms with van der Waals surface area (Å²) in [5.74, 6) is 0. The van der Waals surface area contributed by atoms with Gasteiger partial charge in [0.15, 0.2) is 5.15 Å². The first kappa shape index (κ1) is 9.56. The van der Waals surface area contributed by atoms with Crippen molar-refractivity contribution in [2.75, 3.05) is 0 Å². The summed E-state index contributed by atoms with van der Waals surface area (Å²) >= 11 is 5.86. The third kappa shape index (κ3) is 1.92. The third-order valence-corrected chi connectivity index (χ3v) is 2.04. The summed E-state index contributed by atoms with van der Waals surface area (Å²) < 4.78 is 0. The van der Waals surface area contributed by atoms with Crippen LogP contribution in [0.5, 0.6) is 0 Å². The van der Waals surface area contributed by atoms with Gasteiger partial charge in [-0.3, -0.25) is 0 Å². The molecule has 0 aromatic carbocycles. The average molecular weight is 217 g/mol. The van der Waals surface area contributed by atoms with E-state index in [9.17, 15) is 0 Å². The highest BCUT2D eigenvalue weighted by molar-refractivity contribution is 6.31. The smallest absolute Gasteiger partial charge is 0.156 e. The fourth-order valence-corrected chi connectivity index (χ4v) is 1.32. The van der Waals surface area contributed by atoms with Gasteiger partial charge in [-0.2, -0.15) is 5.26 Å². The van der Waals surface area contributed by atoms with Crippen molar-refractivity contribution in [3.05, 3.63) is 41.4 Å². The molecule has 0 aliphatic carbocycles. The number of hydrogen-bond acceptors (Lipinski definition) is 4. The van der Waals surface area contributed by atoms with Crippen LogP contribution in [0.4, 0.5) is 0 Å². The number of pyridine rings is 1. The number of hydrogen-bond donors (Lipinski definition) is 0. The molecule has 0 atom stereocenters. The fraction of sp³-hybridized carbons (Fsp3) is 0. The summed E-state index contributed by atoms with van der Waals surface area (Å²) in [7, 11) is 0. The van der Waals surface area contributed by atoms with Crippen molar-refractivity contribution >= 4 is 11.6 Å². The van der Waals surface area contributed by atoms with Crippen LogP contribution in [0.1, 0.15) is 5.69 Å². The lowest BCUT2D eigenvalue weighted by atomic mass is 10.2. The molecule has 0 fully saturated rings. The minimum Gasteiger partial charge on any atom is -0.250 e. The van der Waals surface area contributed by atoms with E-state index in [0.29, 0.717) is 17.1 Å². The Kier molecular flexibility index (Phi) is 2.57. The summed E-state index contributed by atoms with van der Waals surface area (Å²) in [6.45, 7) is 0. The molecule has 15 heavy (non-hydrogen) atoms. The molecule has 0 aliphatic heterocycles. The number of rotatable bonds is 1. The number of aromatic nitrogens is 3. The molecule has 2 aromatic rings. The Balaban J connectivity index is 2.55. The zero-order valence-electron chi connectivity index (χ0n) is 7.55. The van der Waals surface area contributed by atoms with E-state index in [-0.39, 0.29) is 5.15 Å². The minimum absolute atomic E-state index is 0.278. The van der Waals surface area contributed by atoms with Crippen molar-refractivity contribution in [2.24, 2.45) is 0 Å². The van der Waals surface area contributed by atoms with Gasteiger partial charge >= 0.3 is 0 Å². The maximum absolute atomic E-state index is 8.70. The van der Waals surface area contributed by atoms with E-state index in [1.54, 1.807) is 18.2 Å². The quantitative estimate of drug-likeness (QED) is 0.732. The normalized spacial score (nSPS) is 9.60. The second-order valence-corrected chi connectivity index (χ2v) is 3.07. The molecule has 4 nitrogen and oxygen atoms in total. The molecular weight excluding hydrogens is 212 g/mol. The van der Waals surface area contributed by atoms with Gasteiger partial charge in [-0.05, 0) is 12.1 Å². The highest BCUT2D eigenvalue weighted by atomic mass is 35.5. The van der Waals surface area contributed by atoms with Crippen LogP contribution >= 0.6 is 11.6 Å². The molecule has 0 saturated heterocycles. The van der Waals surface area contributed by atoms with Crippen LogP contribution in [-0.2, 0) is 0 Å². The van der Waals surface area contributed by atoms with Crippen LogP contribution < -0.4 is 0 Å². The second-order valence-electron chi connectivity index (χ2n) is 2.72. The van der Waals surface area contributed by atoms with Gasteiger partial charge in [0.1, 0.15) is 17.5 Å². The van der Waals surface area contributed by atoms with Crippen LogP contribution in [-0.4, -0.2) is 15.0 Å². The summed E-state index contributed by atoms with van der Waals surface area (Å²) in [6, 6.07) is 7.03. The maximum atomic E-state index is 8.70. The van der Waals surface area contributed by atoms with Gasteiger partial charge in [-0.25, -0.2) is 15.0 Å². The van der Waals surface area contributed by atoms with Gasteiger partial charge in [0.2, 0.25) is 0 Å². The van der Waals surface area contributed by atoms with E-state index in [0.717, 1.165) is 0 Å². The summed E-state index contributed by atoms with van der Waals surface area (Å²) in [6.07, 6.45) is 3.03. The van der Waals surface area contributed by atoms with Crippen LogP contribution in [0.3, 0.4) is 0 Å². The van der Waals surface area contributed by atoms with E-state index < -0.39 is 0 Å². The van der Waals surface area contributed by atoms with Gasteiger partial charge in [0, 0.05) is 12.4 Å². The molecule has 0 aliphatic rings. The predicted octanol–water partition coefficient (Wildman–Crippen LogP) is 2.06. The number of nitriles is 1. The minimum atomic E-state index is 0.278. The predicted molar refractivity (Wildman–Crippen MR) is 55.0 cm³/mol. The summed E-state index contributed by atoms with van der Waals surface area (Å²) in [4.78, 5) is 12.0. The van der Waals surface area contributed by atoms with Crippen molar-refractivity contribution in [3.8, 4) is 17.5 Å². The van der Waals surface area contributed by atoms with Crippen molar-refractivity contribution in [1.29, 1.82) is 5.26 Å². The second kappa shape index (κ2) is 4.03. The molecule has 2 rings (SSSR count). The maximum Gasteiger partial charge on any atom is 0.156 e. The zero-order chi connectivity index (χ0) is 10.7. The van der Waals surface area contributed by atoms with E-state index in [1.165, 1.54) is 12.4 Å². The molecule has 72 valence electrons. The highest BCUT2D eigenvalue weighted by Crippen LogP contribution is 2.20. The molecule has 2 heterocycles. The Morgan fingerprint density at radius 3 is 2.73 bits per heavy atom. The molecule has 0 N–H and O–H groups in total. The monoisotopic (exact) mass is 216 g/mol. The molecule has 0 unspecified atom stereocenters. The standard InChI is InChI=1S/C10H5ClN4/c11-10-9(13-4-5-14-10)8-3-1-2-7(6-12)15-8/h1-5H. The van der Waals surface area contributed by atoms with Gasteiger partial charge < -0.3 is 0 Å². The van der Waals surface area contributed by atoms with Crippen molar-refractivity contribution in [1.82, 2.24) is 15.0 Å². The lowest BCUT2D eigenvalue weighted by Gasteiger charge is -2.00. The van der Waals surface area contributed by atoms with Gasteiger partial charge in [0.25, 0.3) is 0 Å².